The van der Waals surface area contributed by atoms with Gasteiger partial charge in [0.2, 0.25) is 5.91 Å². The molecule has 15 heavy (non-hydrogen) atoms. The number of aliphatic hydroxyl groups excluding tert-OH is 1. The minimum absolute atomic E-state index is 0.104. The maximum Gasteiger partial charge on any atom is 0.241 e. The maximum atomic E-state index is 11.3. The normalized spacial score (nSPS) is 14.6. The van der Waals surface area contributed by atoms with Crippen molar-refractivity contribution in [1.82, 2.24) is 20.3 Å². The quantitative estimate of drug-likeness (QED) is 0.530. The molecular weight excluding hydrogens is 198 g/mol. The molecule has 0 fully saturated rings. The summed E-state index contributed by atoms with van der Waals surface area (Å²) in [6.45, 7) is 1.92. The van der Waals surface area contributed by atoms with Crippen molar-refractivity contribution in [2.45, 2.75) is 25.6 Å². The van der Waals surface area contributed by atoms with Crippen molar-refractivity contribution < 1.29 is 9.90 Å². The van der Waals surface area contributed by atoms with E-state index in [0.717, 1.165) is 0 Å². The number of aromatic nitrogens is 3. The third-order valence-electron chi connectivity index (χ3n) is 1.93. The van der Waals surface area contributed by atoms with Gasteiger partial charge in [-0.3, -0.25) is 4.79 Å². The Morgan fingerprint density at radius 3 is 3.00 bits per heavy atom. The molecule has 0 aliphatic heterocycles. The monoisotopic (exact) mass is 213 g/mol. The molecule has 1 aromatic heterocycles. The number of carbonyl (C=O) groups excluding carboxylic acids is 1. The second kappa shape index (κ2) is 5.42. The Kier molecular flexibility index (Phi) is 4.19. The Morgan fingerprint density at radius 2 is 2.47 bits per heavy atom. The molecule has 0 aromatic carbocycles. The number of nitrogens with zero attached hydrogens (tertiary/aromatic N) is 3. The Morgan fingerprint density at radius 1 is 1.73 bits per heavy atom. The van der Waals surface area contributed by atoms with Crippen LogP contribution in [0.15, 0.2) is 12.4 Å². The minimum atomic E-state index is -0.642. The first-order valence-corrected chi connectivity index (χ1v) is 4.64. The molecule has 84 valence electrons. The van der Waals surface area contributed by atoms with Crippen molar-refractivity contribution in [2.24, 2.45) is 5.73 Å². The largest absolute Gasteiger partial charge is 0.392 e. The fraction of sp³-hybridized carbons (Fsp3) is 0.625. The fourth-order valence-corrected chi connectivity index (χ4v) is 0.922. The number of aliphatic hydroxyl groups is 1. The lowest BCUT2D eigenvalue weighted by molar-refractivity contribution is -0.122. The summed E-state index contributed by atoms with van der Waals surface area (Å²) in [5.41, 5.74) is 5.54. The number of hydrogen-bond donors (Lipinski definition) is 3. The number of carbonyl (C=O) groups is 1. The third-order valence-corrected chi connectivity index (χ3v) is 1.93. The average molecular weight is 213 g/mol. The van der Waals surface area contributed by atoms with Crippen LogP contribution in [0.4, 0.5) is 0 Å². The molecule has 0 aliphatic carbocycles. The predicted molar refractivity (Wildman–Crippen MR) is 52.7 cm³/mol. The van der Waals surface area contributed by atoms with Gasteiger partial charge in [0.15, 0.2) is 0 Å². The summed E-state index contributed by atoms with van der Waals surface area (Å²) in [5.74, 6) is -0.211. The van der Waals surface area contributed by atoms with Gasteiger partial charge in [-0.2, -0.15) is 0 Å². The SMILES string of the molecule is CC(O)C(N)CNC(=O)Cn1ccnn1. The van der Waals surface area contributed by atoms with Gasteiger partial charge in [0.1, 0.15) is 6.54 Å². The molecule has 2 atom stereocenters. The Labute approximate surface area is 87.3 Å². The highest BCUT2D eigenvalue weighted by Crippen LogP contribution is 1.87. The van der Waals surface area contributed by atoms with Gasteiger partial charge in [0, 0.05) is 18.8 Å². The molecule has 7 nitrogen and oxygen atoms in total. The highest BCUT2D eigenvalue weighted by atomic mass is 16.3. The summed E-state index contributed by atoms with van der Waals surface area (Å²) in [6.07, 6.45) is 2.44. The van der Waals surface area contributed by atoms with Crippen LogP contribution < -0.4 is 11.1 Å². The highest BCUT2D eigenvalue weighted by molar-refractivity contribution is 5.75. The molecular formula is C8H15N5O2. The van der Waals surface area contributed by atoms with E-state index < -0.39 is 12.1 Å². The zero-order valence-corrected chi connectivity index (χ0v) is 8.50. The average Bonchev–Trinajstić information content (AvgIpc) is 2.66. The van der Waals surface area contributed by atoms with Gasteiger partial charge in [-0.25, -0.2) is 4.68 Å². The number of hydrogen-bond acceptors (Lipinski definition) is 5. The van der Waals surface area contributed by atoms with E-state index in [0.29, 0.717) is 0 Å². The van der Waals surface area contributed by atoms with Crippen LogP contribution in [0.5, 0.6) is 0 Å². The van der Waals surface area contributed by atoms with Gasteiger partial charge >= 0.3 is 0 Å². The Balaban J connectivity index is 2.25. The lowest BCUT2D eigenvalue weighted by Crippen LogP contribution is -2.44. The smallest absolute Gasteiger partial charge is 0.241 e. The standard InChI is InChI=1S/C8H15N5O2/c1-6(14)7(9)4-10-8(15)5-13-3-2-11-12-13/h2-3,6-7,14H,4-5,9H2,1H3,(H,10,15). The van der Waals surface area contributed by atoms with Crippen LogP contribution in [0.2, 0.25) is 0 Å². The molecule has 0 saturated carbocycles. The van der Waals surface area contributed by atoms with Crippen LogP contribution in [-0.2, 0) is 11.3 Å². The molecule has 4 N–H and O–H groups in total. The summed E-state index contributed by atoms with van der Waals surface area (Å²) in [4.78, 5) is 11.3. The molecule has 0 spiro atoms. The predicted octanol–water partition coefficient (Wildman–Crippen LogP) is -1.90. The van der Waals surface area contributed by atoms with Crippen molar-refractivity contribution in [3.8, 4) is 0 Å². The third kappa shape index (κ3) is 4.05. The summed E-state index contributed by atoms with van der Waals surface area (Å²) in [7, 11) is 0. The molecule has 7 heteroatoms. The van der Waals surface area contributed by atoms with Gasteiger partial charge in [-0.15, -0.1) is 5.10 Å². The first kappa shape index (κ1) is 11.6. The zero-order chi connectivity index (χ0) is 11.3. The van der Waals surface area contributed by atoms with Crippen LogP contribution in [0, 0.1) is 0 Å². The van der Waals surface area contributed by atoms with Crippen molar-refractivity contribution >= 4 is 5.91 Å². The van der Waals surface area contributed by atoms with E-state index in [-0.39, 0.29) is 19.0 Å². The fourth-order valence-electron chi connectivity index (χ4n) is 0.922. The van der Waals surface area contributed by atoms with Crippen LogP contribution in [0.25, 0.3) is 0 Å². The molecule has 0 bridgehead atoms. The maximum absolute atomic E-state index is 11.3. The second-order valence-electron chi connectivity index (χ2n) is 3.31. The molecule has 0 saturated heterocycles. The van der Waals surface area contributed by atoms with Gasteiger partial charge in [-0.05, 0) is 6.92 Å². The number of nitrogens with two attached hydrogens (primary N) is 1. The second-order valence-corrected chi connectivity index (χ2v) is 3.31. The zero-order valence-electron chi connectivity index (χ0n) is 8.50. The van der Waals surface area contributed by atoms with Gasteiger partial charge in [0.25, 0.3) is 0 Å². The van der Waals surface area contributed by atoms with Gasteiger partial charge < -0.3 is 16.2 Å². The Bertz CT molecular complexity index is 298. The summed E-state index contributed by atoms with van der Waals surface area (Å²) in [5, 5.41) is 18.9. The van der Waals surface area contributed by atoms with E-state index in [1.54, 1.807) is 13.1 Å². The van der Waals surface area contributed by atoms with E-state index in [4.69, 9.17) is 10.8 Å². The van der Waals surface area contributed by atoms with Crippen molar-refractivity contribution in [3.63, 3.8) is 0 Å². The number of rotatable bonds is 5. The lowest BCUT2D eigenvalue weighted by atomic mass is 10.2. The van der Waals surface area contributed by atoms with Crippen LogP contribution >= 0.6 is 0 Å². The van der Waals surface area contributed by atoms with Crippen LogP contribution in [-0.4, -0.2) is 44.7 Å². The van der Waals surface area contributed by atoms with Crippen molar-refractivity contribution in [2.75, 3.05) is 6.54 Å². The number of amides is 1. The van der Waals surface area contributed by atoms with E-state index in [1.165, 1.54) is 10.9 Å². The van der Waals surface area contributed by atoms with Crippen LogP contribution in [0.1, 0.15) is 6.92 Å². The molecule has 1 aromatic rings. The van der Waals surface area contributed by atoms with E-state index in [9.17, 15) is 4.79 Å². The molecule has 1 amide bonds. The molecule has 1 rings (SSSR count). The summed E-state index contributed by atoms with van der Waals surface area (Å²) < 4.78 is 1.41. The number of nitrogens with one attached hydrogen (secondary N) is 1. The highest BCUT2D eigenvalue weighted by Gasteiger charge is 2.10. The van der Waals surface area contributed by atoms with Gasteiger partial charge in [-0.1, -0.05) is 5.21 Å². The molecule has 0 radical (unpaired) electrons. The lowest BCUT2D eigenvalue weighted by Gasteiger charge is -2.15. The first-order chi connectivity index (χ1) is 7.09. The van der Waals surface area contributed by atoms with Gasteiger partial charge in [0.05, 0.1) is 12.3 Å². The molecule has 0 aliphatic rings. The van der Waals surface area contributed by atoms with Crippen LogP contribution in [0.3, 0.4) is 0 Å². The minimum Gasteiger partial charge on any atom is -0.392 e. The van der Waals surface area contributed by atoms with Crippen molar-refractivity contribution in [3.05, 3.63) is 12.4 Å². The van der Waals surface area contributed by atoms with E-state index in [1.807, 2.05) is 0 Å². The first-order valence-electron chi connectivity index (χ1n) is 4.64. The molecule has 2 unspecified atom stereocenters. The Hall–Kier alpha value is -1.47. The molecule has 1 heterocycles. The summed E-state index contributed by atoms with van der Waals surface area (Å²) in [6, 6.07) is -0.454. The van der Waals surface area contributed by atoms with E-state index in [2.05, 4.69) is 15.6 Å². The summed E-state index contributed by atoms with van der Waals surface area (Å²) >= 11 is 0. The topological polar surface area (TPSA) is 106 Å². The van der Waals surface area contributed by atoms with E-state index >= 15 is 0 Å². The van der Waals surface area contributed by atoms with Crippen molar-refractivity contribution in [1.29, 1.82) is 0 Å².